The molecule has 0 bridgehead atoms. The summed E-state index contributed by atoms with van der Waals surface area (Å²) < 4.78 is 2.41. The van der Waals surface area contributed by atoms with Crippen LogP contribution >= 0.6 is 22.7 Å². The quantitative estimate of drug-likeness (QED) is 0.667. The van der Waals surface area contributed by atoms with Gasteiger partial charge in [0.15, 0.2) is 0 Å². The number of carbonyl (C=O) groups is 1. The zero-order valence-electron chi connectivity index (χ0n) is 13.4. The summed E-state index contributed by atoms with van der Waals surface area (Å²) in [6.07, 6.45) is 0.587. The molecule has 3 aromatic rings. The number of rotatable bonds is 1. The lowest BCUT2D eigenvalue weighted by Crippen LogP contribution is -2.34. The minimum atomic E-state index is 0.000710. The van der Waals surface area contributed by atoms with Crippen LogP contribution in [-0.4, -0.2) is 38.4 Å². The van der Waals surface area contributed by atoms with Gasteiger partial charge in [-0.25, -0.2) is 9.97 Å². The maximum absolute atomic E-state index is 12.8. The van der Waals surface area contributed by atoms with E-state index in [9.17, 15) is 9.59 Å². The summed E-state index contributed by atoms with van der Waals surface area (Å²) in [5.74, 6) is 0.763. The smallest absolute Gasteiger partial charge is 0.271 e. The minimum Gasteiger partial charge on any atom is -0.336 e. The van der Waals surface area contributed by atoms with Gasteiger partial charge in [0.05, 0.1) is 16.2 Å². The molecule has 4 heterocycles. The first-order valence-electron chi connectivity index (χ1n) is 7.75. The van der Waals surface area contributed by atoms with Crippen molar-refractivity contribution in [3.8, 4) is 0 Å². The Kier molecular flexibility index (Phi) is 3.73. The van der Waals surface area contributed by atoms with Gasteiger partial charge in [0.1, 0.15) is 15.4 Å². The molecule has 0 atom stereocenters. The number of thiophene rings is 1. The van der Waals surface area contributed by atoms with Crippen LogP contribution in [0.1, 0.15) is 26.2 Å². The fraction of sp³-hybridized carbons (Fsp3) is 0.375. The van der Waals surface area contributed by atoms with Crippen LogP contribution in [0.3, 0.4) is 0 Å². The van der Waals surface area contributed by atoms with Crippen LogP contribution in [0.2, 0.25) is 0 Å². The number of hydrogen-bond donors (Lipinski definition) is 0. The second-order valence-corrected chi connectivity index (χ2v) is 7.93. The molecule has 0 radical (unpaired) electrons. The molecule has 0 spiro atoms. The molecule has 1 aliphatic rings. The van der Waals surface area contributed by atoms with Gasteiger partial charge in [-0.3, -0.25) is 14.2 Å². The van der Waals surface area contributed by atoms with Crippen LogP contribution in [0.25, 0.3) is 10.2 Å². The Hall–Kier alpha value is -2.06. The van der Waals surface area contributed by atoms with Crippen molar-refractivity contribution in [2.75, 3.05) is 13.1 Å². The molecular weight excluding hydrogens is 344 g/mol. The molecule has 0 aromatic carbocycles. The average Bonchev–Trinajstić information content (AvgIpc) is 3.08. The standard InChI is InChI=1S/C16H16N4O2S2/c1-9-13(24-10(2)17-9)15(21)19-5-3-12-18-11-4-8-23-14(11)16(22)20(12)7-6-19/h4,8H,3,5-7H2,1-2H3. The molecule has 0 unspecified atom stereocenters. The Morgan fingerprint density at radius 1 is 1.21 bits per heavy atom. The fourth-order valence-corrected chi connectivity index (χ4v) is 4.72. The fourth-order valence-electron chi connectivity index (χ4n) is 3.06. The lowest BCUT2D eigenvalue weighted by Gasteiger charge is -2.19. The summed E-state index contributed by atoms with van der Waals surface area (Å²) >= 11 is 2.85. The van der Waals surface area contributed by atoms with E-state index in [0.717, 1.165) is 22.0 Å². The molecule has 0 N–H and O–H groups in total. The van der Waals surface area contributed by atoms with Crippen LogP contribution in [0, 0.1) is 13.8 Å². The van der Waals surface area contributed by atoms with Gasteiger partial charge in [-0.15, -0.1) is 22.7 Å². The summed E-state index contributed by atoms with van der Waals surface area (Å²) in [6.45, 7) is 5.34. The summed E-state index contributed by atoms with van der Waals surface area (Å²) in [7, 11) is 0. The second kappa shape index (κ2) is 5.78. The van der Waals surface area contributed by atoms with Crippen LogP contribution < -0.4 is 5.56 Å². The topological polar surface area (TPSA) is 68.1 Å². The molecule has 0 fully saturated rings. The minimum absolute atomic E-state index is 0.000710. The highest BCUT2D eigenvalue weighted by Gasteiger charge is 2.24. The maximum Gasteiger partial charge on any atom is 0.271 e. The summed E-state index contributed by atoms with van der Waals surface area (Å²) in [4.78, 5) is 36.9. The van der Waals surface area contributed by atoms with E-state index in [-0.39, 0.29) is 11.5 Å². The van der Waals surface area contributed by atoms with Crippen LogP contribution in [0.5, 0.6) is 0 Å². The van der Waals surface area contributed by atoms with Gasteiger partial charge in [-0.2, -0.15) is 0 Å². The molecule has 0 saturated heterocycles. The van der Waals surface area contributed by atoms with E-state index in [1.807, 2.05) is 30.2 Å². The predicted octanol–water partition coefficient (Wildman–Crippen LogP) is 2.23. The van der Waals surface area contributed by atoms with E-state index < -0.39 is 0 Å². The highest BCUT2D eigenvalue weighted by atomic mass is 32.1. The third-order valence-corrected chi connectivity index (χ3v) is 6.18. The third-order valence-electron chi connectivity index (χ3n) is 4.23. The molecule has 3 aromatic heterocycles. The molecule has 0 aliphatic carbocycles. The largest absolute Gasteiger partial charge is 0.336 e. The average molecular weight is 360 g/mol. The lowest BCUT2D eigenvalue weighted by molar-refractivity contribution is 0.0763. The van der Waals surface area contributed by atoms with Crippen molar-refractivity contribution in [1.29, 1.82) is 0 Å². The number of aryl methyl sites for hydroxylation is 2. The molecule has 8 heteroatoms. The van der Waals surface area contributed by atoms with Gasteiger partial charge in [0.2, 0.25) is 0 Å². The predicted molar refractivity (Wildman–Crippen MR) is 95.1 cm³/mol. The van der Waals surface area contributed by atoms with Gasteiger partial charge < -0.3 is 4.90 Å². The SMILES string of the molecule is Cc1nc(C)c(C(=O)N2CCc3nc4ccsc4c(=O)n3CC2)s1. The van der Waals surface area contributed by atoms with Gasteiger partial charge in [0, 0.05) is 26.1 Å². The van der Waals surface area contributed by atoms with Crippen molar-refractivity contribution < 1.29 is 4.79 Å². The number of carbonyl (C=O) groups excluding carboxylic acids is 1. The summed E-state index contributed by atoms with van der Waals surface area (Å²) in [5, 5.41) is 2.79. The van der Waals surface area contributed by atoms with Gasteiger partial charge in [0.25, 0.3) is 11.5 Å². The molecule has 0 saturated carbocycles. The van der Waals surface area contributed by atoms with Gasteiger partial charge in [-0.1, -0.05) is 0 Å². The first kappa shape index (κ1) is 15.5. The van der Waals surface area contributed by atoms with Crippen molar-refractivity contribution >= 4 is 38.8 Å². The van der Waals surface area contributed by atoms with Crippen molar-refractivity contribution in [2.45, 2.75) is 26.8 Å². The molecule has 24 heavy (non-hydrogen) atoms. The zero-order chi connectivity index (χ0) is 16.8. The zero-order valence-corrected chi connectivity index (χ0v) is 15.0. The molecule has 4 rings (SSSR count). The summed E-state index contributed by atoms with van der Waals surface area (Å²) in [6, 6.07) is 1.87. The van der Waals surface area contributed by atoms with E-state index in [1.54, 1.807) is 4.57 Å². The van der Waals surface area contributed by atoms with E-state index in [2.05, 4.69) is 9.97 Å². The van der Waals surface area contributed by atoms with Crippen molar-refractivity contribution in [1.82, 2.24) is 19.4 Å². The number of amides is 1. The highest BCUT2D eigenvalue weighted by molar-refractivity contribution is 7.17. The number of hydrogen-bond acceptors (Lipinski definition) is 6. The Balaban J connectivity index is 1.65. The Bertz CT molecular complexity index is 1000. The van der Waals surface area contributed by atoms with Crippen LogP contribution in [-0.2, 0) is 13.0 Å². The monoisotopic (exact) mass is 360 g/mol. The first-order chi connectivity index (χ1) is 11.5. The molecular formula is C16H16N4O2S2. The molecule has 1 amide bonds. The van der Waals surface area contributed by atoms with Crippen LogP contribution in [0.15, 0.2) is 16.2 Å². The van der Waals surface area contributed by atoms with E-state index in [4.69, 9.17) is 0 Å². The van der Waals surface area contributed by atoms with E-state index in [0.29, 0.717) is 35.6 Å². The number of fused-ring (bicyclic) bond motifs is 2. The molecule has 1 aliphatic heterocycles. The van der Waals surface area contributed by atoms with Gasteiger partial charge in [-0.05, 0) is 25.3 Å². The second-order valence-electron chi connectivity index (χ2n) is 5.81. The first-order valence-corrected chi connectivity index (χ1v) is 9.44. The van der Waals surface area contributed by atoms with Gasteiger partial charge >= 0.3 is 0 Å². The number of aromatic nitrogens is 3. The summed E-state index contributed by atoms with van der Waals surface area (Å²) in [5.41, 5.74) is 1.54. The molecule has 124 valence electrons. The Morgan fingerprint density at radius 3 is 2.79 bits per heavy atom. The van der Waals surface area contributed by atoms with Crippen molar-refractivity contribution in [3.05, 3.63) is 43.2 Å². The van der Waals surface area contributed by atoms with Crippen LogP contribution in [0.4, 0.5) is 0 Å². The Morgan fingerprint density at radius 2 is 2.04 bits per heavy atom. The van der Waals surface area contributed by atoms with Crippen molar-refractivity contribution in [2.24, 2.45) is 0 Å². The highest BCUT2D eigenvalue weighted by Crippen LogP contribution is 2.21. The van der Waals surface area contributed by atoms with E-state index >= 15 is 0 Å². The number of thiazole rings is 1. The maximum atomic E-state index is 12.8. The van der Waals surface area contributed by atoms with Crippen molar-refractivity contribution in [3.63, 3.8) is 0 Å². The van der Waals surface area contributed by atoms with E-state index in [1.165, 1.54) is 22.7 Å². The Labute approximate surface area is 146 Å². The third kappa shape index (κ3) is 2.46. The molecule has 6 nitrogen and oxygen atoms in total. The lowest BCUT2D eigenvalue weighted by atomic mass is 10.3. The normalized spacial score (nSPS) is 14.7. The number of nitrogens with zero attached hydrogens (tertiary/aromatic N) is 4.